The van der Waals surface area contributed by atoms with E-state index >= 15 is 0 Å². The van der Waals surface area contributed by atoms with E-state index in [1.807, 2.05) is 42.8 Å². The SMILES string of the molecule is Cc1ccc([C@H](C)NC(=O)c2ccc(Cn3nc(C)cc3C)cc2)c(C)c1. The number of nitrogens with one attached hydrogen (secondary N) is 1. The first-order chi connectivity index (χ1) is 12.8. The predicted molar refractivity (Wildman–Crippen MR) is 109 cm³/mol. The second-order valence-electron chi connectivity index (χ2n) is 7.34. The van der Waals surface area contributed by atoms with E-state index in [0.717, 1.165) is 22.5 Å². The number of amides is 1. The number of rotatable bonds is 5. The van der Waals surface area contributed by atoms with Gasteiger partial charge in [-0.1, -0.05) is 35.9 Å². The lowest BCUT2D eigenvalue weighted by molar-refractivity contribution is 0.0940. The van der Waals surface area contributed by atoms with E-state index in [0.29, 0.717) is 12.1 Å². The number of carbonyl (C=O) groups excluding carboxylic acids is 1. The van der Waals surface area contributed by atoms with Crippen LogP contribution in [0.1, 0.15) is 57.0 Å². The highest BCUT2D eigenvalue weighted by Gasteiger charge is 2.13. The average Bonchev–Trinajstić information content (AvgIpc) is 2.92. The summed E-state index contributed by atoms with van der Waals surface area (Å²) in [6, 6.07) is 16.1. The normalized spacial score (nSPS) is 12.0. The lowest BCUT2D eigenvalue weighted by Crippen LogP contribution is -2.27. The highest BCUT2D eigenvalue weighted by Crippen LogP contribution is 2.19. The third-order valence-corrected chi connectivity index (χ3v) is 4.89. The number of aryl methyl sites for hydroxylation is 4. The average molecular weight is 361 g/mol. The molecule has 0 fully saturated rings. The van der Waals surface area contributed by atoms with Gasteiger partial charge >= 0.3 is 0 Å². The summed E-state index contributed by atoms with van der Waals surface area (Å²) in [5, 5.41) is 7.59. The molecule has 0 aliphatic carbocycles. The van der Waals surface area contributed by atoms with Crippen molar-refractivity contribution in [1.29, 1.82) is 0 Å². The molecule has 0 aliphatic heterocycles. The van der Waals surface area contributed by atoms with Gasteiger partial charge in [0.2, 0.25) is 0 Å². The molecule has 0 saturated heterocycles. The fourth-order valence-electron chi connectivity index (χ4n) is 3.44. The zero-order chi connectivity index (χ0) is 19.6. The minimum atomic E-state index is -0.0554. The van der Waals surface area contributed by atoms with Crippen LogP contribution in [0.2, 0.25) is 0 Å². The summed E-state index contributed by atoms with van der Waals surface area (Å²) in [5.74, 6) is -0.0554. The summed E-state index contributed by atoms with van der Waals surface area (Å²) < 4.78 is 1.98. The summed E-state index contributed by atoms with van der Waals surface area (Å²) in [4.78, 5) is 12.6. The topological polar surface area (TPSA) is 46.9 Å². The maximum Gasteiger partial charge on any atom is 0.251 e. The van der Waals surface area contributed by atoms with Crippen molar-refractivity contribution < 1.29 is 4.79 Å². The van der Waals surface area contributed by atoms with Crippen molar-refractivity contribution >= 4 is 5.91 Å². The Hall–Kier alpha value is -2.88. The molecule has 0 unspecified atom stereocenters. The molecular formula is C23H27N3O. The molecule has 1 aromatic heterocycles. The predicted octanol–water partition coefficient (Wildman–Crippen LogP) is 4.66. The van der Waals surface area contributed by atoms with Gasteiger partial charge in [0.25, 0.3) is 5.91 Å². The van der Waals surface area contributed by atoms with Crippen LogP contribution in [-0.2, 0) is 6.54 Å². The Morgan fingerprint density at radius 1 is 1.04 bits per heavy atom. The first-order valence-electron chi connectivity index (χ1n) is 9.31. The second kappa shape index (κ2) is 7.78. The van der Waals surface area contributed by atoms with Crippen molar-refractivity contribution in [2.45, 2.75) is 47.2 Å². The van der Waals surface area contributed by atoms with Crippen molar-refractivity contribution in [2.75, 3.05) is 0 Å². The van der Waals surface area contributed by atoms with E-state index in [1.165, 1.54) is 11.1 Å². The minimum absolute atomic E-state index is 0.0347. The molecule has 3 rings (SSSR count). The van der Waals surface area contributed by atoms with Crippen LogP contribution in [0, 0.1) is 27.7 Å². The number of carbonyl (C=O) groups is 1. The molecule has 2 aromatic carbocycles. The first kappa shape index (κ1) is 18.9. The Bertz CT molecular complexity index is 954. The minimum Gasteiger partial charge on any atom is -0.346 e. The van der Waals surface area contributed by atoms with Crippen LogP contribution in [0.25, 0.3) is 0 Å². The Labute approximate surface area is 161 Å². The van der Waals surface area contributed by atoms with Crippen LogP contribution < -0.4 is 5.32 Å². The van der Waals surface area contributed by atoms with Gasteiger partial charge in [0, 0.05) is 11.3 Å². The molecule has 1 amide bonds. The van der Waals surface area contributed by atoms with Gasteiger partial charge < -0.3 is 5.32 Å². The van der Waals surface area contributed by atoms with Crippen LogP contribution >= 0.6 is 0 Å². The third kappa shape index (κ3) is 4.45. The molecule has 0 spiro atoms. The summed E-state index contributed by atoms with van der Waals surface area (Å²) in [6.45, 7) is 10.9. The monoisotopic (exact) mass is 361 g/mol. The van der Waals surface area contributed by atoms with Gasteiger partial charge in [0.05, 0.1) is 18.3 Å². The van der Waals surface area contributed by atoms with Crippen molar-refractivity contribution in [3.63, 3.8) is 0 Å². The highest BCUT2D eigenvalue weighted by atomic mass is 16.1. The molecule has 0 radical (unpaired) electrons. The molecule has 1 heterocycles. The van der Waals surface area contributed by atoms with E-state index in [-0.39, 0.29) is 11.9 Å². The summed E-state index contributed by atoms with van der Waals surface area (Å²) in [7, 11) is 0. The molecule has 1 atom stereocenters. The molecule has 140 valence electrons. The lowest BCUT2D eigenvalue weighted by Gasteiger charge is -2.17. The molecule has 4 nitrogen and oxygen atoms in total. The quantitative estimate of drug-likeness (QED) is 0.719. The number of benzene rings is 2. The number of hydrogen-bond acceptors (Lipinski definition) is 2. The van der Waals surface area contributed by atoms with Crippen LogP contribution in [-0.4, -0.2) is 15.7 Å². The molecule has 0 saturated carbocycles. The van der Waals surface area contributed by atoms with Gasteiger partial charge in [-0.3, -0.25) is 9.48 Å². The van der Waals surface area contributed by atoms with Gasteiger partial charge in [0.15, 0.2) is 0 Å². The molecule has 0 bridgehead atoms. The Morgan fingerprint density at radius 3 is 2.33 bits per heavy atom. The summed E-state index contributed by atoms with van der Waals surface area (Å²) in [6.07, 6.45) is 0. The third-order valence-electron chi connectivity index (χ3n) is 4.89. The van der Waals surface area contributed by atoms with Gasteiger partial charge in [-0.25, -0.2) is 0 Å². The Morgan fingerprint density at radius 2 is 1.74 bits per heavy atom. The first-order valence-corrected chi connectivity index (χ1v) is 9.31. The maximum absolute atomic E-state index is 12.6. The summed E-state index contributed by atoms with van der Waals surface area (Å²) in [5.41, 5.74) is 7.52. The van der Waals surface area contributed by atoms with E-state index in [2.05, 4.69) is 55.5 Å². The van der Waals surface area contributed by atoms with Crippen molar-refractivity contribution in [3.05, 3.63) is 87.7 Å². The smallest absolute Gasteiger partial charge is 0.251 e. The van der Waals surface area contributed by atoms with Crippen LogP contribution in [0.3, 0.4) is 0 Å². The molecule has 27 heavy (non-hydrogen) atoms. The standard InChI is InChI=1S/C23H27N3O/c1-15-6-11-22(16(2)12-15)19(5)24-23(27)21-9-7-20(8-10-21)14-26-18(4)13-17(3)25-26/h6-13,19H,14H2,1-5H3,(H,24,27)/t19-/m0/s1. The Kier molecular flexibility index (Phi) is 5.45. The zero-order valence-corrected chi connectivity index (χ0v) is 16.7. The largest absolute Gasteiger partial charge is 0.346 e. The number of nitrogens with zero attached hydrogens (tertiary/aromatic N) is 2. The van der Waals surface area contributed by atoms with Gasteiger partial charge in [-0.15, -0.1) is 0 Å². The zero-order valence-electron chi connectivity index (χ0n) is 16.7. The molecule has 4 heteroatoms. The fraction of sp³-hybridized carbons (Fsp3) is 0.304. The van der Waals surface area contributed by atoms with E-state index in [1.54, 1.807) is 0 Å². The highest BCUT2D eigenvalue weighted by molar-refractivity contribution is 5.94. The van der Waals surface area contributed by atoms with Crippen LogP contribution in [0.15, 0.2) is 48.5 Å². The molecule has 0 aliphatic rings. The van der Waals surface area contributed by atoms with E-state index in [4.69, 9.17) is 0 Å². The van der Waals surface area contributed by atoms with Gasteiger partial charge in [-0.05, 0) is 69.5 Å². The lowest BCUT2D eigenvalue weighted by atomic mass is 10.00. The van der Waals surface area contributed by atoms with Crippen molar-refractivity contribution in [2.24, 2.45) is 0 Å². The Balaban J connectivity index is 1.67. The maximum atomic E-state index is 12.6. The van der Waals surface area contributed by atoms with E-state index < -0.39 is 0 Å². The molecule has 1 N–H and O–H groups in total. The van der Waals surface area contributed by atoms with Crippen LogP contribution in [0.5, 0.6) is 0 Å². The van der Waals surface area contributed by atoms with Crippen LogP contribution in [0.4, 0.5) is 0 Å². The summed E-state index contributed by atoms with van der Waals surface area (Å²) >= 11 is 0. The van der Waals surface area contributed by atoms with Gasteiger partial charge in [-0.2, -0.15) is 5.10 Å². The number of hydrogen-bond donors (Lipinski definition) is 1. The van der Waals surface area contributed by atoms with Crippen molar-refractivity contribution in [1.82, 2.24) is 15.1 Å². The second-order valence-corrected chi connectivity index (χ2v) is 7.34. The number of aromatic nitrogens is 2. The molecule has 3 aromatic rings. The molecular weight excluding hydrogens is 334 g/mol. The fourth-order valence-corrected chi connectivity index (χ4v) is 3.44. The van der Waals surface area contributed by atoms with E-state index in [9.17, 15) is 4.79 Å². The van der Waals surface area contributed by atoms with Gasteiger partial charge in [0.1, 0.15) is 0 Å². The van der Waals surface area contributed by atoms with Crippen molar-refractivity contribution in [3.8, 4) is 0 Å².